The molecule has 106 valence electrons. The van der Waals surface area contributed by atoms with Gasteiger partial charge in [-0.1, -0.05) is 79.6 Å². The molecule has 2 fully saturated rings. The fraction of sp³-hybridized carbons (Fsp3) is 0.941. The molecule has 0 unspecified atom stereocenters. The third-order valence-corrected chi connectivity index (χ3v) is 3.35. The number of hydrogen-bond donors (Lipinski definition) is 0. The molecule has 0 aromatic rings. The molecule has 0 atom stereocenters. The van der Waals surface area contributed by atoms with Crippen LogP contribution < -0.4 is 58.2 Å². The van der Waals surface area contributed by atoms with Crippen molar-refractivity contribution in [2.24, 2.45) is 5.92 Å². The van der Waals surface area contributed by atoms with Gasteiger partial charge in [0, 0.05) is 0 Å². The standard InChI is InChI=1S/C7H13.C6H12.2C2H6.Rb/c1-7-5-3-2-4-6-7;1-6-4-2-3-5-6;2*1-2;/h2-6H2,1H3;6H,2-5H2,1H3;2*1-2H3;/q-1;;;;+1. The molecule has 0 heterocycles. The third-order valence-electron chi connectivity index (χ3n) is 3.35. The zero-order valence-electron chi connectivity index (χ0n) is 14.4. The molecule has 0 radical (unpaired) electrons. The van der Waals surface area contributed by atoms with Crippen LogP contribution in [-0.4, -0.2) is 0 Å². The summed E-state index contributed by atoms with van der Waals surface area (Å²) in [6.07, 6.45) is 13.1. The monoisotopic (exact) mass is 326 g/mol. The van der Waals surface area contributed by atoms with Gasteiger partial charge in [0.25, 0.3) is 0 Å². The summed E-state index contributed by atoms with van der Waals surface area (Å²) in [5.41, 5.74) is 0. The molecule has 0 nitrogen and oxygen atoms in total. The second-order valence-corrected chi connectivity index (χ2v) is 4.91. The van der Waals surface area contributed by atoms with Crippen molar-refractivity contribution < 1.29 is 58.2 Å². The van der Waals surface area contributed by atoms with Crippen LogP contribution in [0.25, 0.3) is 0 Å². The number of rotatable bonds is 0. The maximum Gasteiger partial charge on any atom is 1.00 e. The van der Waals surface area contributed by atoms with Crippen LogP contribution in [0.1, 0.15) is 99.3 Å². The fourth-order valence-corrected chi connectivity index (χ4v) is 2.29. The minimum Gasteiger partial charge on any atom is -0.317 e. The summed E-state index contributed by atoms with van der Waals surface area (Å²) < 4.78 is 0. The van der Waals surface area contributed by atoms with Gasteiger partial charge in [0.2, 0.25) is 0 Å². The summed E-state index contributed by atoms with van der Waals surface area (Å²) >= 11 is 0. The van der Waals surface area contributed by atoms with Gasteiger partial charge in [-0.15, -0.1) is 0 Å². The van der Waals surface area contributed by atoms with E-state index in [1.165, 1.54) is 57.8 Å². The van der Waals surface area contributed by atoms with Gasteiger partial charge < -0.3 is 5.92 Å². The smallest absolute Gasteiger partial charge is 0.317 e. The Labute approximate surface area is 167 Å². The van der Waals surface area contributed by atoms with Gasteiger partial charge in [-0.2, -0.15) is 19.8 Å². The van der Waals surface area contributed by atoms with Crippen molar-refractivity contribution in [3.05, 3.63) is 5.92 Å². The van der Waals surface area contributed by atoms with Gasteiger partial charge >= 0.3 is 58.2 Å². The van der Waals surface area contributed by atoms with Gasteiger partial charge in [0.05, 0.1) is 0 Å². The van der Waals surface area contributed by atoms with E-state index < -0.39 is 0 Å². The molecule has 1 heteroatoms. The van der Waals surface area contributed by atoms with E-state index >= 15 is 0 Å². The van der Waals surface area contributed by atoms with E-state index in [0.29, 0.717) is 0 Å². The summed E-state index contributed by atoms with van der Waals surface area (Å²) in [5, 5.41) is 0. The maximum atomic E-state index is 2.34. The first-order valence-corrected chi connectivity index (χ1v) is 8.10. The molecule has 0 saturated heterocycles. The molecule has 2 aliphatic rings. The molecule has 0 amide bonds. The summed E-state index contributed by atoms with van der Waals surface area (Å²) in [4.78, 5) is 0. The van der Waals surface area contributed by atoms with E-state index in [2.05, 4.69) is 13.8 Å². The Kier molecular flexibility index (Phi) is 29.1. The zero-order valence-corrected chi connectivity index (χ0v) is 19.4. The Morgan fingerprint density at radius 3 is 1.28 bits per heavy atom. The van der Waals surface area contributed by atoms with Crippen LogP contribution in [0.15, 0.2) is 0 Å². The molecule has 0 bridgehead atoms. The predicted molar refractivity (Wildman–Crippen MR) is 82.3 cm³/mol. The third kappa shape index (κ3) is 17.8. The summed E-state index contributed by atoms with van der Waals surface area (Å²) in [5.74, 6) is 2.76. The molecule has 0 aliphatic heterocycles. The van der Waals surface area contributed by atoms with Crippen LogP contribution in [0, 0.1) is 11.8 Å². The van der Waals surface area contributed by atoms with Gasteiger partial charge in [-0.05, 0) is 5.92 Å². The van der Waals surface area contributed by atoms with E-state index in [-0.39, 0.29) is 58.2 Å². The van der Waals surface area contributed by atoms with E-state index in [1.54, 1.807) is 5.92 Å². The molecule has 18 heavy (non-hydrogen) atoms. The number of hydrogen-bond acceptors (Lipinski definition) is 0. The molecule has 0 aromatic carbocycles. The quantitative estimate of drug-likeness (QED) is 0.594. The summed E-state index contributed by atoms with van der Waals surface area (Å²) in [7, 11) is 0. The Morgan fingerprint density at radius 2 is 1.11 bits per heavy atom. The first-order valence-electron chi connectivity index (χ1n) is 8.10. The molecule has 2 rings (SSSR count). The Hall–Kier alpha value is 1.81. The van der Waals surface area contributed by atoms with Crippen molar-refractivity contribution in [1.29, 1.82) is 0 Å². The second kappa shape index (κ2) is 21.1. The van der Waals surface area contributed by atoms with Crippen LogP contribution in [0.2, 0.25) is 0 Å². The van der Waals surface area contributed by atoms with Crippen LogP contribution in [0.5, 0.6) is 0 Å². The van der Waals surface area contributed by atoms with Crippen LogP contribution >= 0.6 is 0 Å². The second-order valence-electron chi connectivity index (χ2n) is 4.91. The predicted octanol–water partition coefficient (Wildman–Crippen LogP) is 3.80. The SMILES string of the molecule is CC.CC.CC1CCCC1.C[C-]1CCCCC1.[Rb+]. The minimum atomic E-state index is 0. The Bertz CT molecular complexity index is 111. The van der Waals surface area contributed by atoms with Crippen molar-refractivity contribution in [1.82, 2.24) is 0 Å². The molecular weight excluding hydrogens is 290 g/mol. The van der Waals surface area contributed by atoms with Crippen LogP contribution in [0.3, 0.4) is 0 Å². The summed E-state index contributed by atoms with van der Waals surface area (Å²) in [6, 6.07) is 0. The van der Waals surface area contributed by atoms with E-state index in [1.807, 2.05) is 27.7 Å². The van der Waals surface area contributed by atoms with Crippen LogP contribution in [-0.2, 0) is 0 Å². The molecule has 0 N–H and O–H groups in total. The molecule has 2 saturated carbocycles. The molecule has 0 aromatic heterocycles. The normalized spacial score (nSPS) is 19.0. The maximum absolute atomic E-state index is 2.34. The molecule has 0 spiro atoms. The van der Waals surface area contributed by atoms with Crippen molar-refractivity contribution in [2.75, 3.05) is 0 Å². The average Bonchev–Trinajstić information content (AvgIpc) is 2.87. The van der Waals surface area contributed by atoms with E-state index in [4.69, 9.17) is 0 Å². The zero-order chi connectivity index (χ0) is 13.5. The van der Waals surface area contributed by atoms with E-state index in [0.717, 1.165) is 5.92 Å². The van der Waals surface area contributed by atoms with Gasteiger partial charge in [0.1, 0.15) is 0 Å². The Morgan fingerprint density at radius 1 is 0.722 bits per heavy atom. The summed E-state index contributed by atoms with van der Waals surface area (Å²) in [6.45, 7) is 12.6. The van der Waals surface area contributed by atoms with Crippen molar-refractivity contribution in [3.8, 4) is 0 Å². The molecular formula is C17H37Rb. The average molecular weight is 327 g/mol. The minimum absolute atomic E-state index is 0. The first-order chi connectivity index (χ1) is 8.29. The first kappa shape index (κ1) is 24.8. The van der Waals surface area contributed by atoms with Gasteiger partial charge in [0.15, 0.2) is 0 Å². The largest absolute Gasteiger partial charge is 1.00 e. The van der Waals surface area contributed by atoms with Crippen molar-refractivity contribution in [3.63, 3.8) is 0 Å². The van der Waals surface area contributed by atoms with Crippen molar-refractivity contribution in [2.45, 2.75) is 99.3 Å². The van der Waals surface area contributed by atoms with Crippen molar-refractivity contribution >= 4 is 0 Å². The van der Waals surface area contributed by atoms with Gasteiger partial charge in [-0.25, -0.2) is 0 Å². The fourth-order valence-electron chi connectivity index (χ4n) is 2.29. The van der Waals surface area contributed by atoms with Crippen LogP contribution in [0.4, 0.5) is 0 Å². The Balaban J connectivity index is -0.000000189. The topological polar surface area (TPSA) is 0 Å². The van der Waals surface area contributed by atoms with E-state index in [9.17, 15) is 0 Å². The van der Waals surface area contributed by atoms with Gasteiger partial charge in [-0.3, -0.25) is 0 Å². The molecule has 2 aliphatic carbocycles.